The summed E-state index contributed by atoms with van der Waals surface area (Å²) in [5.41, 5.74) is 1.58. The van der Waals surface area contributed by atoms with Crippen molar-refractivity contribution >= 4 is 0 Å². The smallest absolute Gasteiger partial charge is 0.119 e. The number of aliphatic hydroxyl groups is 1. The van der Waals surface area contributed by atoms with Gasteiger partial charge in [0.1, 0.15) is 5.75 Å². The maximum Gasteiger partial charge on any atom is 0.119 e. The standard InChI is InChI=1S/C14H21NO2/c1-3-14(2,17)9-15-12-8-7-11-10(12)5-4-6-13(11)16/h4-6,12,15-17H,3,7-9H2,1-2H3. The van der Waals surface area contributed by atoms with Crippen LogP contribution in [0.15, 0.2) is 18.2 Å². The minimum Gasteiger partial charge on any atom is -0.508 e. The summed E-state index contributed by atoms with van der Waals surface area (Å²) in [6.45, 7) is 4.41. The third kappa shape index (κ3) is 2.61. The van der Waals surface area contributed by atoms with Crippen LogP contribution >= 0.6 is 0 Å². The molecule has 2 atom stereocenters. The van der Waals surface area contributed by atoms with Gasteiger partial charge in [0, 0.05) is 12.6 Å². The third-order valence-corrected chi connectivity index (χ3v) is 3.74. The summed E-state index contributed by atoms with van der Waals surface area (Å²) in [4.78, 5) is 0. The van der Waals surface area contributed by atoms with Gasteiger partial charge in [-0.15, -0.1) is 0 Å². The van der Waals surface area contributed by atoms with E-state index in [2.05, 4.69) is 11.4 Å². The Morgan fingerprint density at radius 2 is 2.24 bits per heavy atom. The van der Waals surface area contributed by atoms with E-state index in [4.69, 9.17) is 0 Å². The van der Waals surface area contributed by atoms with Crippen LogP contribution in [0, 0.1) is 0 Å². The summed E-state index contributed by atoms with van der Waals surface area (Å²) in [5, 5.41) is 23.1. The summed E-state index contributed by atoms with van der Waals surface area (Å²) in [7, 11) is 0. The fourth-order valence-electron chi connectivity index (χ4n) is 2.32. The highest BCUT2D eigenvalue weighted by atomic mass is 16.3. The normalized spacial score (nSPS) is 22.2. The summed E-state index contributed by atoms with van der Waals surface area (Å²) in [6, 6.07) is 5.94. The molecule has 1 aliphatic carbocycles. The van der Waals surface area contributed by atoms with Gasteiger partial charge >= 0.3 is 0 Å². The molecule has 1 aromatic carbocycles. The van der Waals surface area contributed by atoms with Gasteiger partial charge in [0.05, 0.1) is 5.60 Å². The number of phenols is 1. The van der Waals surface area contributed by atoms with E-state index in [1.54, 1.807) is 6.07 Å². The average Bonchev–Trinajstić information content (AvgIpc) is 2.71. The molecule has 0 amide bonds. The van der Waals surface area contributed by atoms with Crippen LogP contribution in [0.1, 0.15) is 43.9 Å². The summed E-state index contributed by atoms with van der Waals surface area (Å²) < 4.78 is 0. The molecule has 1 aromatic rings. The van der Waals surface area contributed by atoms with Crippen molar-refractivity contribution in [3.63, 3.8) is 0 Å². The first kappa shape index (κ1) is 12.4. The molecule has 94 valence electrons. The van der Waals surface area contributed by atoms with Crippen LogP contribution in [0.4, 0.5) is 0 Å². The van der Waals surface area contributed by atoms with Gasteiger partial charge in [-0.05, 0) is 43.4 Å². The Morgan fingerprint density at radius 3 is 2.94 bits per heavy atom. The number of rotatable bonds is 4. The molecule has 3 N–H and O–H groups in total. The molecule has 2 rings (SSSR count). The predicted molar refractivity (Wildman–Crippen MR) is 68.1 cm³/mol. The van der Waals surface area contributed by atoms with Gasteiger partial charge in [0.15, 0.2) is 0 Å². The zero-order valence-electron chi connectivity index (χ0n) is 10.5. The maximum absolute atomic E-state index is 9.97. The van der Waals surface area contributed by atoms with E-state index in [0.29, 0.717) is 12.3 Å². The number of hydrogen-bond acceptors (Lipinski definition) is 3. The summed E-state index contributed by atoms with van der Waals surface area (Å²) >= 11 is 0. The van der Waals surface area contributed by atoms with Crippen molar-refractivity contribution < 1.29 is 10.2 Å². The van der Waals surface area contributed by atoms with Crippen LogP contribution in [0.3, 0.4) is 0 Å². The average molecular weight is 235 g/mol. The van der Waals surface area contributed by atoms with E-state index in [1.807, 2.05) is 19.9 Å². The molecule has 0 saturated carbocycles. The van der Waals surface area contributed by atoms with E-state index in [0.717, 1.165) is 24.8 Å². The zero-order valence-corrected chi connectivity index (χ0v) is 10.5. The predicted octanol–water partition coefficient (Wildman–Crippen LogP) is 2.13. The number of hydrogen-bond donors (Lipinski definition) is 3. The summed E-state index contributed by atoms with van der Waals surface area (Å²) in [5.74, 6) is 0.397. The maximum atomic E-state index is 9.97. The molecule has 0 bridgehead atoms. The first-order valence-electron chi connectivity index (χ1n) is 6.30. The van der Waals surface area contributed by atoms with Crippen molar-refractivity contribution in [2.24, 2.45) is 0 Å². The number of phenolic OH excluding ortho intramolecular Hbond substituents is 1. The Kier molecular flexibility index (Phi) is 3.40. The van der Waals surface area contributed by atoms with Crippen LogP contribution in [0.2, 0.25) is 0 Å². The molecular formula is C14H21NO2. The molecule has 0 aromatic heterocycles. The highest BCUT2D eigenvalue weighted by molar-refractivity contribution is 5.44. The quantitative estimate of drug-likeness (QED) is 0.749. The Morgan fingerprint density at radius 1 is 1.47 bits per heavy atom. The van der Waals surface area contributed by atoms with Crippen LogP contribution in [0.5, 0.6) is 5.75 Å². The van der Waals surface area contributed by atoms with E-state index in [-0.39, 0.29) is 6.04 Å². The SMILES string of the molecule is CCC(C)(O)CNC1CCc2c(O)cccc21. The largest absolute Gasteiger partial charge is 0.508 e. The highest BCUT2D eigenvalue weighted by Gasteiger charge is 2.26. The molecule has 0 spiro atoms. The summed E-state index contributed by atoms with van der Waals surface area (Å²) in [6.07, 6.45) is 2.64. The fraction of sp³-hybridized carbons (Fsp3) is 0.571. The van der Waals surface area contributed by atoms with E-state index in [1.165, 1.54) is 5.56 Å². The van der Waals surface area contributed by atoms with Crippen molar-refractivity contribution in [3.8, 4) is 5.75 Å². The van der Waals surface area contributed by atoms with Gasteiger partial charge in [-0.1, -0.05) is 19.1 Å². The van der Waals surface area contributed by atoms with Gasteiger partial charge in [-0.2, -0.15) is 0 Å². The van der Waals surface area contributed by atoms with E-state index < -0.39 is 5.60 Å². The monoisotopic (exact) mass is 235 g/mol. The van der Waals surface area contributed by atoms with Crippen LogP contribution < -0.4 is 5.32 Å². The van der Waals surface area contributed by atoms with Crippen molar-refractivity contribution in [2.45, 2.75) is 44.8 Å². The molecule has 0 aliphatic heterocycles. The van der Waals surface area contributed by atoms with Crippen molar-refractivity contribution in [3.05, 3.63) is 29.3 Å². The minimum absolute atomic E-state index is 0.259. The lowest BCUT2D eigenvalue weighted by molar-refractivity contribution is 0.0528. The fourth-order valence-corrected chi connectivity index (χ4v) is 2.32. The molecule has 0 radical (unpaired) electrons. The van der Waals surface area contributed by atoms with Crippen LogP contribution in [-0.2, 0) is 6.42 Å². The molecule has 0 fully saturated rings. The van der Waals surface area contributed by atoms with Gasteiger partial charge in [-0.25, -0.2) is 0 Å². The molecular weight excluding hydrogens is 214 g/mol. The minimum atomic E-state index is -0.653. The lowest BCUT2D eigenvalue weighted by Crippen LogP contribution is -2.38. The third-order valence-electron chi connectivity index (χ3n) is 3.74. The van der Waals surface area contributed by atoms with Crippen molar-refractivity contribution in [1.29, 1.82) is 0 Å². The Hall–Kier alpha value is -1.06. The van der Waals surface area contributed by atoms with Gasteiger partial charge < -0.3 is 15.5 Å². The van der Waals surface area contributed by atoms with Crippen molar-refractivity contribution in [1.82, 2.24) is 5.32 Å². The van der Waals surface area contributed by atoms with E-state index >= 15 is 0 Å². The number of nitrogens with one attached hydrogen (secondary N) is 1. The molecule has 1 aliphatic rings. The second kappa shape index (κ2) is 4.67. The van der Waals surface area contributed by atoms with E-state index in [9.17, 15) is 10.2 Å². The number of aromatic hydroxyl groups is 1. The number of fused-ring (bicyclic) bond motifs is 1. The van der Waals surface area contributed by atoms with Gasteiger partial charge in [0.2, 0.25) is 0 Å². The second-order valence-corrected chi connectivity index (χ2v) is 5.17. The topological polar surface area (TPSA) is 52.5 Å². The van der Waals surface area contributed by atoms with Gasteiger partial charge in [0.25, 0.3) is 0 Å². The zero-order chi connectivity index (χ0) is 12.5. The molecule has 0 saturated heterocycles. The molecule has 3 nitrogen and oxygen atoms in total. The lowest BCUT2D eigenvalue weighted by atomic mass is 10.0. The molecule has 3 heteroatoms. The molecule has 0 heterocycles. The van der Waals surface area contributed by atoms with Crippen LogP contribution in [-0.4, -0.2) is 22.4 Å². The lowest BCUT2D eigenvalue weighted by Gasteiger charge is -2.24. The van der Waals surface area contributed by atoms with Crippen molar-refractivity contribution in [2.75, 3.05) is 6.54 Å². The molecule has 2 unspecified atom stereocenters. The highest BCUT2D eigenvalue weighted by Crippen LogP contribution is 2.36. The number of benzene rings is 1. The Labute approximate surface area is 102 Å². The Balaban J connectivity index is 2.05. The van der Waals surface area contributed by atoms with Gasteiger partial charge in [-0.3, -0.25) is 0 Å². The second-order valence-electron chi connectivity index (χ2n) is 5.17. The molecule has 17 heavy (non-hydrogen) atoms. The van der Waals surface area contributed by atoms with Crippen LogP contribution in [0.25, 0.3) is 0 Å². The first-order chi connectivity index (χ1) is 8.03. The first-order valence-corrected chi connectivity index (χ1v) is 6.30. The Bertz CT molecular complexity index is 401.